The summed E-state index contributed by atoms with van der Waals surface area (Å²) in [6.07, 6.45) is 4.14. The van der Waals surface area contributed by atoms with Crippen molar-refractivity contribution in [3.8, 4) is 0 Å². The molecule has 1 fully saturated rings. The number of hydrogen-bond donors (Lipinski definition) is 1. The minimum absolute atomic E-state index is 0.0502. The lowest BCUT2D eigenvalue weighted by Gasteiger charge is -2.40. The second-order valence-corrected chi connectivity index (χ2v) is 11.9. The molecule has 0 unspecified atom stereocenters. The first-order valence-corrected chi connectivity index (χ1v) is 13.1. The Morgan fingerprint density at radius 2 is 1.78 bits per heavy atom. The highest BCUT2D eigenvalue weighted by Crippen LogP contribution is 2.47. The number of benzene rings is 2. The number of sulfonamides is 1. The Bertz CT molecular complexity index is 837. The lowest BCUT2D eigenvalue weighted by atomic mass is 9.85. The fraction of sp³-hybridized carbons (Fsp3) is 0.429. The monoisotopic (exact) mass is 421 g/mol. The average molecular weight is 422 g/mol. The van der Waals surface area contributed by atoms with E-state index in [1.165, 1.54) is 5.56 Å². The molecule has 1 N–H and O–H groups in total. The maximum atomic E-state index is 12.9. The second kappa shape index (κ2) is 9.03. The molecule has 6 heteroatoms. The number of aryl methyl sites for hydroxylation is 1. The zero-order valence-electron chi connectivity index (χ0n) is 15.9. The Balaban J connectivity index is 1.67. The summed E-state index contributed by atoms with van der Waals surface area (Å²) in [7, 11) is 0.154. The predicted molar refractivity (Wildman–Crippen MR) is 117 cm³/mol. The summed E-state index contributed by atoms with van der Waals surface area (Å²) in [5, 5.41) is 0. The van der Waals surface area contributed by atoms with E-state index < -0.39 is 10.0 Å². The molecule has 0 heterocycles. The van der Waals surface area contributed by atoms with Gasteiger partial charge in [0.15, 0.2) is 0 Å². The van der Waals surface area contributed by atoms with Crippen molar-refractivity contribution in [1.29, 1.82) is 0 Å². The average Bonchev–Trinajstić information content (AvgIpc) is 2.65. The van der Waals surface area contributed by atoms with Gasteiger partial charge in [0.05, 0.1) is 4.90 Å². The van der Waals surface area contributed by atoms with Crippen molar-refractivity contribution in [2.24, 2.45) is 0 Å². The van der Waals surface area contributed by atoms with Crippen LogP contribution in [0.3, 0.4) is 0 Å². The van der Waals surface area contributed by atoms with Gasteiger partial charge in [-0.25, -0.2) is 13.1 Å². The minimum Gasteiger partial charge on any atom is -0.207 e. The van der Waals surface area contributed by atoms with E-state index in [9.17, 15) is 8.42 Å². The van der Waals surface area contributed by atoms with E-state index in [4.69, 9.17) is 0 Å². The molecule has 2 aromatic rings. The predicted octanol–water partition coefficient (Wildman–Crippen LogP) is 5.56. The van der Waals surface area contributed by atoms with Crippen LogP contribution in [0, 0.1) is 6.92 Å². The van der Waals surface area contributed by atoms with Crippen LogP contribution in [0.15, 0.2) is 59.5 Å². The highest BCUT2D eigenvalue weighted by atomic mass is 33.1. The maximum Gasteiger partial charge on any atom is 0.240 e. The summed E-state index contributed by atoms with van der Waals surface area (Å²) in [6, 6.07) is 17.4. The Hall–Kier alpha value is -0.950. The van der Waals surface area contributed by atoms with Gasteiger partial charge < -0.3 is 0 Å². The molecule has 2 aromatic carbocycles. The third kappa shape index (κ3) is 5.53. The van der Waals surface area contributed by atoms with E-state index in [0.717, 1.165) is 37.0 Å². The van der Waals surface area contributed by atoms with Crippen molar-refractivity contribution in [2.45, 2.75) is 61.0 Å². The fourth-order valence-corrected chi connectivity index (χ4v) is 7.99. The van der Waals surface area contributed by atoms with Crippen molar-refractivity contribution in [2.75, 3.05) is 0 Å². The molecule has 1 aliphatic rings. The molecule has 146 valence electrons. The lowest BCUT2D eigenvalue weighted by molar-refractivity contribution is 0.345. The van der Waals surface area contributed by atoms with Crippen molar-refractivity contribution < 1.29 is 8.42 Å². The highest BCUT2D eigenvalue weighted by molar-refractivity contribution is 8.76. The van der Waals surface area contributed by atoms with Gasteiger partial charge in [0.25, 0.3) is 0 Å². The first-order chi connectivity index (χ1) is 12.9. The van der Waals surface area contributed by atoms with Crippen LogP contribution in [0.2, 0.25) is 0 Å². The number of nitrogens with one attached hydrogen (secondary N) is 1. The molecule has 27 heavy (non-hydrogen) atoms. The van der Waals surface area contributed by atoms with Crippen LogP contribution >= 0.6 is 21.6 Å². The van der Waals surface area contributed by atoms with E-state index in [2.05, 4.69) is 35.9 Å². The summed E-state index contributed by atoms with van der Waals surface area (Å²) >= 11 is 0. The van der Waals surface area contributed by atoms with Crippen LogP contribution in [0.4, 0.5) is 0 Å². The zero-order chi connectivity index (χ0) is 19.3. The minimum atomic E-state index is -3.50. The summed E-state index contributed by atoms with van der Waals surface area (Å²) in [5.74, 6) is 0.929. The molecule has 0 spiro atoms. The largest absolute Gasteiger partial charge is 0.240 e. The summed E-state index contributed by atoms with van der Waals surface area (Å²) < 4.78 is 28.6. The van der Waals surface area contributed by atoms with Gasteiger partial charge in [-0.1, -0.05) is 82.5 Å². The molecule has 3 nitrogen and oxygen atoms in total. The molecule has 0 saturated heterocycles. The van der Waals surface area contributed by atoms with E-state index in [1.807, 2.05) is 46.7 Å². The third-order valence-corrected chi connectivity index (χ3v) is 9.87. The first-order valence-electron chi connectivity index (χ1n) is 9.33. The number of rotatable bonds is 7. The van der Waals surface area contributed by atoms with Crippen LogP contribution in [0.25, 0.3) is 0 Å². The maximum absolute atomic E-state index is 12.9. The quantitative estimate of drug-likeness (QED) is 0.595. The van der Waals surface area contributed by atoms with Crippen LogP contribution in [0.1, 0.15) is 43.7 Å². The van der Waals surface area contributed by atoms with Crippen LogP contribution < -0.4 is 4.72 Å². The Labute approximate surface area is 171 Å². The molecule has 1 saturated carbocycles. The van der Waals surface area contributed by atoms with Gasteiger partial charge in [-0.05, 0) is 44.4 Å². The molecule has 0 bridgehead atoms. The molecule has 0 aliphatic heterocycles. The third-order valence-electron chi connectivity index (χ3n) is 5.10. The van der Waals surface area contributed by atoms with Crippen molar-refractivity contribution in [3.05, 3.63) is 65.7 Å². The highest BCUT2D eigenvalue weighted by Gasteiger charge is 2.39. The second-order valence-electron chi connectivity index (χ2n) is 7.38. The van der Waals surface area contributed by atoms with E-state index in [-0.39, 0.29) is 10.8 Å². The van der Waals surface area contributed by atoms with Crippen LogP contribution in [0.5, 0.6) is 0 Å². The Morgan fingerprint density at radius 1 is 1.07 bits per heavy atom. The molecular weight excluding hydrogens is 394 g/mol. The topological polar surface area (TPSA) is 46.2 Å². The molecule has 0 amide bonds. The van der Waals surface area contributed by atoms with E-state index >= 15 is 0 Å². The lowest BCUT2D eigenvalue weighted by Crippen LogP contribution is -2.50. The molecule has 0 aromatic heterocycles. The van der Waals surface area contributed by atoms with Crippen molar-refractivity contribution in [1.82, 2.24) is 4.72 Å². The number of hydrogen-bond acceptors (Lipinski definition) is 4. The summed E-state index contributed by atoms with van der Waals surface area (Å²) in [5.41, 5.74) is 2.36. The first kappa shape index (κ1) is 20.8. The van der Waals surface area contributed by atoms with Gasteiger partial charge in [-0.15, -0.1) is 0 Å². The van der Waals surface area contributed by atoms with Gasteiger partial charge in [-0.3, -0.25) is 0 Å². The molecular formula is C21H27NO2S3. The molecule has 0 radical (unpaired) electrons. The fourth-order valence-electron chi connectivity index (χ4n) is 3.37. The normalized spacial score (nSPS) is 23.3. The molecule has 1 aliphatic carbocycles. The van der Waals surface area contributed by atoms with Crippen LogP contribution in [-0.2, 0) is 15.8 Å². The van der Waals surface area contributed by atoms with Gasteiger partial charge >= 0.3 is 0 Å². The van der Waals surface area contributed by atoms with Gasteiger partial charge in [0.2, 0.25) is 10.0 Å². The van der Waals surface area contributed by atoms with E-state index in [1.54, 1.807) is 12.1 Å². The molecule has 3 rings (SSSR count). The summed E-state index contributed by atoms with van der Waals surface area (Å²) in [6.45, 7) is 4.17. The van der Waals surface area contributed by atoms with Crippen molar-refractivity contribution >= 4 is 31.6 Å². The van der Waals surface area contributed by atoms with Crippen LogP contribution in [-0.4, -0.2) is 19.2 Å². The summed E-state index contributed by atoms with van der Waals surface area (Å²) in [4.78, 5) is 0.350. The SMILES string of the molecule is Cc1ccc(S(=O)(=O)N[C@@H]2CCCC[C@@]2(C)SSCc2ccccc2)cc1. The zero-order valence-corrected chi connectivity index (χ0v) is 18.3. The smallest absolute Gasteiger partial charge is 0.207 e. The van der Waals surface area contributed by atoms with Crippen molar-refractivity contribution in [3.63, 3.8) is 0 Å². The standard InChI is InChI=1S/C21H27NO2S3/c1-17-11-13-19(14-12-17)27(23,24)22-20-10-6-7-15-21(20,2)26-25-16-18-8-4-3-5-9-18/h3-5,8-9,11-14,20,22H,6-7,10,15-16H2,1-2H3/t20-,21-/m1/s1. The van der Waals surface area contributed by atoms with E-state index in [0.29, 0.717) is 4.90 Å². The molecule has 2 atom stereocenters. The Kier molecular flexibility index (Phi) is 6.95. The van der Waals surface area contributed by atoms with Gasteiger partial charge in [-0.2, -0.15) is 0 Å². The van der Waals surface area contributed by atoms with Gasteiger partial charge in [0.1, 0.15) is 0 Å². The Morgan fingerprint density at radius 3 is 2.48 bits per heavy atom. The van der Waals surface area contributed by atoms with Gasteiger partial charge in [0, 0.05) is 16.5 Å².